The van der Waals surface area contributed by atoms with Crippen molar-refractivity contribution in [3.05, 3.63) is 29.7 Å². The highest BCUT2D eigenvalue weighted by atomic mass is 16.6. The molecule has 2 aromatic rings. The molecule has 7 heteroatoms. The summed E-state index contributed by atoms with van der Waals surface area (Å²) in [6, 6.07) is 5.27. The van der Waals surface area contributed by atoms with Crippen LogP contribution in [-0.2, 0) is 4.74 Å². The standard InChI is InChI=1S/C17H21N3O4/c1-3-23-17(22)20-8-6-13(7-9-20)19-16(21)12-4-5-15-14(10-12)18-11(2)24-15/h4-5,10,13H,3,6-9H2,1-2H3,(H,19,21). The van der Waals surface area contributed by atoms with Crippen LogP contribution < -0.4 is 5.32 Å². The molecule has 2 heterocycles. The number of amides is 2. The van der Waals surface area contributed by atoms with Gasteiger partial charge in [-0.1, -0.05) is 0 Å². The number of benzene rings is 1. The van der Waals surface area contributed by atoms with E-state index in [-0.39, 0.29) is 18.0 Å². The van der Waals surface area contributed by atoms with E-state index in [1.54, 1.807) is 36.9 Å². The number of fused-ring (bicyclic) bond motifs is 1. The number of hydrogen-bond donors (Lipinski definition) is 1. The first kappa shape index (κ1) is 16.3. The molecule has 24 heavy (non-hydrogen) atoms. The molecule has 0 aliphatic carbocycles. The van der Waals surface area contributed by atoms with Gasteiger partial charge in [-0.25, -0.2) is 9.78 Å². The van der Waals surface area contributed by atoms with Crippen LogP contribution in [0.25, 0.3) is 11.1 Å². The number of carbonyl (C=O) groups is 2. The lowest BCUT2D eigenvalue weighted by atomic mass is 10.0. The van der Waals surface area contributed by atoms with Gasteiger partial charge in [-0.05, 0) is 38.0 Å². The summed E-state index contributed by atoms with van der Waals surface area (Å²) in [5, 5.41) is 3.02. The molecular formula is C17H21N3O4. The van der Waals surface area contributed by atoms with Crippen LogP contribution in [0.2, 0.25) is 0 Å². The fourth-order valence-corrected chi connectivity index (χ4v) is 2.87. The van der Waals surface area contributed by atoms with Crippen molar-refractivity contribution in [1.29, 1.82) is 0 Å². The monoisotopic (exact) mass is 331 g/mol. The van der Waals surface area contributed by atoms with Crippen molar-refractivity contribution < 1.29 is 18.7 Å². The predicted molar refractivity (Wildman–Crippen MR) is 87.8 cm³/mol. The molecule has 128 valence electrons. The Morgan fingerprint density at radius 3 is 2.83 bits per heavy atom. The van der Waals surface area contributed by atoms with Gasteiger partial charge in [0.2, 0.25) is 0 Å². The van der Waals surface area contributed by atoms with Gasteiger partial charge in [0.15, 0.2) is 11.5 Å². The highest BCUT2D eigenvalue weighted by Crippen LogP contribution is 2.18. The molecule has 0 bridgehead atoms. The maximum Gasteiger partial charge on any atom is 0.409 e. The van der Waals surface area contributed by atoms with Crippen LogP contribution in [0.4, 0.5) is 4.79 Å². The van der Waals surface area contributed by atoms with Crippen molar-refractivity contribution >= 4 is 23.1 Å². The van der Waals surface area contributed by atoms with E-state index in [9.17, 15) is 9.59 Å². The second kappa shape index (κ2) is 6.90. The van der Waals surface area contributed by atoms with E-state index in [1.165, 1.54) is 0 Å². The Hall–Kier alpha value is -2.57. The first-order valence-corrected chi connectivity index (χ1v) is 8.16. The quantitative estimate of drug-likeness (QED) is 0.934. The molecule has 1 saturated heterocycles. The third-order valence-electron chi connectivity index (χ3n) is 4.11. The summed E-state index contributed by atoms with van der Waals surface area (Å²) in [6.07, 6.45) is 1.15. The summed E-state index contributed by atoms with van der Waals surface area (Å²) < 4.78 is 10.4. The number of aromatic nitrogens is 1. The number of oxazole rings is 1. The Kier molecular flexibility index (Phi) is 4.69. The van der Waals surface area contributed by atoms with Gasteiger partial charge in [0.05, 0.1) is 6.61 Å². The van der Waals surface area contributed by atoms with Gasteiger partial charge in [-0.15, -0.1) is 0 Å². The Bertz CT molecular complexity index is 747. The predicted octanol–water partition coefficient (Wildman–Crippen LogP) is 2.49. The first-order chi connectivity index (χ1) is 11.6. The zero-order chi connectivity index (χ0) is 17.1. The van der Waals surface area contributed by atoms with Crippen molar-refractivity contribution in [3.8, 4) is 0 Å². The number of carbonyl (C=O) groups excluding carboxylic acids is 2. The third-order valence-corrected chi connectivity index (χ3v) is 4.11. The van der Waals surface area contributed by atoms with Gasteiger partial charge in [-0.3, -0.25) is 4.79 Å². The lowest BCUT2D eigenvalue weighted by molar-refractivity contribution is 0.0860. The summed E-state index contributed by atoms with van der Waals surface area (Å²) in [7, 11) is 0. The molecule has 1 aromatic heterocycles. The van der Waals surface area contributed by atoms with Crippen LogP contribution in [-0.4, -0.2) is 47.6 Å². The lowest BCUT2D eigenvalue weighted by Gasteiger charge is -2.31. The maximum absolute atomic E-state index is 12.4. The summed E-state index contributed by atoms with van der Waals surface area (Å²) in [6.45, 7) is 5.12. The normalized spacial score (nSPS) is 15.5. The minimum absolute atomic E-state index is 0.0536. The van der Waals surface area contributed by atoms with E-state index >= 15 is 0 Å². The van der Waals surface area contributed by atoms with E-state index < -0.39 is 0 Å². The number of piperidine rings is 1. The number of hydrogen-bond acceptors (Lipinski definition) is 5. The zero-order valence-electron chi connectivity index (χ0n) is 13.9. The lowest BCUT2D eigenvalue weighted by Crippen LogP contribution is -2.46. The van der Waals surface area contributed by atoms with Gasteiger partial charge in [0, 0.05) is 31.6 Å². The van der Waals surface area contributed by atoms with E-state index in [4.69, 9.17) is 9.15 Å². The van der Waals surface area contributed by atoms with Crippen molar-refractivity contribution in [3.63, 3.8) is 0 Å². The highest BCUT2D eigenvalue weighted by Gasteiger charge is 2.24. The number of likely N-dealkylation sites (tertiary alicyclic amines) is 1. The van der Waals surface area contributed by atoms with Gasteiger partial charge in [0.1, 0.15) is 5.52 Å². The van der Waals surface area contributed by atoms with Crippen molar-refractivity contribution in [2.75, 3.05) is 19.7 Å². The molecule has 1 aromatic carbocycles. The van der Waals surface area contributed by atoms with Crippen LogP contribution in [0, 0.1) is 6.92 Å². The van der Waals surface area contributed by atoms with Crippen molar-refractivity contribution in [2.45, 2.75) is 32.7 Å². The van der Waals surface area contributed by atoms with Crippen LogP contribution in [0.1, 0.15) is 36.0 Å². The number of ether oxygens (including phenoxy) is 1. The number of nitrogens with zero attached hydrogens (tertiary/aromatic N) is 2. The topological polar surface area (TPSA) is 84.7 Å². The molecule has 0 atom stereocenters. The second-order valence-electron chi connectivity index (χ2n) is 5.85. The highest BCUT2D eigenvalue weighted by molar-refractivity contribution is 5.97. The van der Waals surface area contributed by atoms with Crippen molar-refractivity contribution in [1.82, 2.24) is 15.2 Å². The molecule has 0 unspecified atom stereocenters. The molecule has 1 aliphatic heterocycles. The third kappa shape index (κ3) is 3.50. The fourth-order valence-electron chi connectivity index (χ4n) is 2.87. The number of rotatable bonds is 3. The van der Waals surface area contributed by atoms with Gasteiger partial charge in [0.25, 0.3) is 5.91 Å². The van der Waals surface area contributed by atoms with Crippen LogP contribution >= 0.6 is 0 Å². The summed E-state index contributed by atoms with van der Waals surface area (Å²) in [5.41, 5.74) is 1.91. The minimum Gasteiger partial charge on any atom is -0.450 e. The second-order valence-corrected chi connectivity index (χ2v) is 5.85. The Balaban J connectivity index is 1.58. The average Bonchev–Trinajstić information content (AvgIpc) is 2.94. The fraction of sp³-hybridized carbons (Fsp3) is 0.471. The molecular weight excluding hydrogens is 310 g/mol. The maximum atomic E-state index is 12.4. The SMILES string of the molecule is CCOC(=O)N1CCC(NC(=O)c2ccc3oc(C)nc3c2)CC1. The zero-order valence-corrected chi connectivity index (χ0v) is 13.9. The van der Waals surface area contributed by atoms with E-state index in [0.717, 1.165) is 12.8 Å². The summed E-state index contributed by atoms with van der Waals surface area (Å²) >= 11 is 0. The summed E-state index contributed by atoms with van der Waals surface area (Å²) in [4.78, 5) is 30.0. The molecule has 0 radical (unpaired) electrons. The summed E-state index contributed by atoms with van der Waals surface area (Å²) in [5.74, 6) is 0.445. The molecule has 1 aliphatic rings. The van der Waals surface area contributed by atoms with Crippen LogP contribution in [0.3, 0.4) is 0 Å². The van der Waals surface area contributed by atoms with Gasteiger partial charge in [-0.2, -0.15) is 0 Å². The Labute approximate surface area is 140 Å². The van der Waals surface area contributed by atoms with E-state index in [2.05, 4.69) is 10.3 Å². The van der Waals surface area contributed by atoms with Gasteiger partial charge < -0.3 is 19.4 Å². The molecule has 0 saturated carbocycles. The van der Waals surface area contributed by atoms with Gasteiger partial charge >= 0.3 is 6.09 Å². The first-order valence-electron chi connectivity index (χ1n) is 8.16. The molecule has 1 N–H and O–H groups in total. The largest absolute Gasteiger partial charge is 0.450 e. The molecule has 3 rings (SSSR count). The number of aryl methyl sites for hydroxylation is 1. The minimum atomic E-state index is -0.283. The molecule has 2 amide bonds. The Morgan fingerprint density at radius 1 is 1.38 bits per heavy atom. The van der Waals surface area contributed by atoms with Crippen LogP contribution in [0.5, 0.6) is 0 Å². The van der Waals surface area contributed by atoms with E-state index in [1.807, 2.05) is 0 Å². The molecule has 1 fully saturated rings. The van der Waals surface area contributed by atoms with Crippen LogP contribution in [0.15, 0.2) is 22.6 Å². The molecule has 7 nitrogen and oxygen atoms in total. The number of nitrogens with one attached hydrogen (secondary N) is 1. The van der Waals surface area contributed by atoms with Crippen molar-refractivity contribution in [2.24, 2.45) is 0 Å². The molecule has 0 spiro atoms. The van der Waals surface area contributed by atoms with E-state index in [0.29, 0.717) is 42.3 Å². The average molecular weight is 331 g/mol. The Morgan fingerprint density at radius 2 is 2.12 bits per heavy atom. The smallest absolute Gasteiger partial charge is 0.409 e.